The third-order valence-electron chi connectivity index (χ3n) is 4.93. The van der Waals surface area contributed by atoms with Gasteiger partial charge < -0.3 is 25.2 Å². The van der Waals surface area contributed by atoms with Gasteiger partial charge in [-0.05, 0) is 36.8 Å². The number of hydrogen-bond donors (Lipinski definition) is 3. The van der Waals surface area contributed by atoms with Crippen molar-refractivity contribution in [2.45, 2.75) is 56.6 Å². The molecule has 1 aliphatic rings. The first kappa shape index (κ1) is 22.5. The van der Waals surface area contributed by atoms with E-state index in [0.717, 1.165) is 18.4 Å². The quantitative estimate of drug-likeness (QED) is 0.549. The van der Waals surface area contributed by atoms with Gasteiger partial charge >= 0.3 is 6.09 Å². The summed E-state index contributed by atoms with van der Waals surface area (Å²) in [4.78, 5) is 23.6. The minimum Gasteiger partial charge on any atom is -0.465 e. The van der Waals surface area contributed by atoms with E-state index in [-0.39, 0.29) is 24.2 Å². The van der Waals surface area contributed by atoms with Gasteiger partial charge in [-0.25, -0.2) is 4.79 Å². The Morgan fingerprint density at radius 1 is 1.29 bits per heavy atom. The van der Waals surface area contributed by atoms with Gasteiger partial charge in [0.05, 0.1) is 24.9 Å². The molecule has 1 aromatic carbocycles. The first-order valence-electron chi connectivity index (χ1n) is 9.50. The summed E-state index contributed by atoms with van der Waals surface area (Å²) < 4.78 is 11.6. The Bertz CT molecular complexity index is 616. The Morgan fingerprint density at radius 3 is 2.68 bits per heavy atom. The van der Waals surface area contributed by atoms with E-state index < -0.39 is 12.1 Å². The minimum absolute atomic E-state index is 0.0720. The first-order chi connectivity index (χ1) is 13.5. The lowest BCUT2D eigenvalue weighted by atomic mass is 9.89. The number of hydrogen-bond acceptors (Lipinski definition) is 5. The van der Waals surface area contributed by atoms with Gasteiger partial charge in [0.2, 0.25) is 5.91 Å². The summed E-state index contributed by atoms with van der Waals surface area (Å²) in [7, 11) is 1.63. The molecule has 0 heterocycles. The molecule has 2 amide bonds. The Balaban J connectivity index is 1.86. The number of amides is 2. The maximum absolute atomic E-state index is 12.6. The van der Waals surface area contributed by atoms with Crippen LogP contribution in [-0.4, -0.2) is 60.5 Å². The molecular weight excluding hydrogens is 380 g/mol. The highest BCUT2D eigenvalue weighted by atomic mass is 32.2. The zero-order chi connectivity index (χ0) is 20.4. The van der Waals surface area contributed by atoms with Crippen LogP contribution < -0.4 is 10.6 Å². The van der Waals surface area contributed by atoms with Gasteiger partial charge in [-0.2, -0.15) is 11.8 Å². The summed E-state index contributed by atoms with van der Waals surface area (Å²) in [5.41, 5.74) is 1.13. The van der Waals surface area contributed by atoms with Crippen LogP contribution >= 0.6 is 11.8 Å². The van der Waals surface area contributed by atoms with Gasteiger partial charge in [-0.15, -0.1) is 0 Å². The fraction of sp³-hybridized carbons (Fsp3) is 0.600. The number of methoxy groups -OCH3 is 1. The van der Waals surface area contributed by atoms with Crippen molar-refractivity contribution in [2.75, 3.05) is 19.1 Å². The van der Waals surface area contributed by atoms with Crippen molar-refractivity contribution in [3.8, 4) is 0 Å². The second-order valence-corrected chi connectivity index (χ2v) is 7.89. The second-order valence-electron chi connectivity index (χ2n) is 6.90. The van der Waals surface area contributed by atoms with Crippen LogP contribution in [0.1, 0.15) is 31.2 Å². The molecule has 156 valence electrons. The summed E-state index contributed by atoms with van der Waals surface area (Å²) in [5, 5.41) is 14.3. The third kappa shape index (κ3) is 7.33. The molecule has 0 radical (unpaired) electrons. The molecular formula is C20H30N2O5S. The van der Waals surface area contributed by atoms with Crippen LogP contribution in [0.4, 0.5) is 4.79 Å². The van der Waals surface area contributed by atoms with Crippen LogP contribution in [0.3, 0.4) is 0 Å². The molecule has 1 aliphatic carbocycles. The van der Waals surface area contributed by atoms with Gasteiger partial charge in [-0.1, -0.05) is 30.3 Å². The lowest BCUT2D eigenvalue weighted by Crippen LogP contribution is -2.54. The number of ether oxygens (including phenoxy) is 2. The highest BCUT2D eigenvalue weighted by Gasteiger charge is 2.33. The van der Waals surface area contributed by atoms with Gasteiger partial charge in [0.15, 0.2) is 0 Å². The Labute approximate surface area is 170 Å². The lowest BCUT2D eigenvalue weighted by molar-refractivity contribution is -0.126. The molecule has 0 aromatic heterocycles. The maximum atomic E-state index is 12.6. The Kier molecular flexibility index (Phi) is 9.60. The molecule has 1 aromatic rings. The molecule has 0 spiro atoms. The summed E-state index contributed by atoms with van der Waals surface area (Å²) in [5.74, 6) is 0.402. The summed E-state index contributed by atoms with van der Waals surface area (Å²) >= 11 is 1.58. The summed E-state index contributed by atoms with van der Waals surface area (Å²) in [6, 6.07) is 9.11. The standard InChI is InChI=1S/C20H30N2O5S/c1-26-18-12-15(27-13-14-6-4-3-5-7-14)8-9-16(18)21-19(23)17(10-11-28-2)22-20(24)25/h3-7,15-18,22H,8-13H2,1-2H3,(H,21,23)(H,24,25)/t15-,16-,17-,18-/m0/s1. The number of rotatable bonds is 10. The predicted molar refractivity (Wildman–Crippen MR) is 110 cm³/mol. The number of carbonyl (C=O) groups is 2. The second kappa shape index (κ2) is 11.9. The summed E-state index contributed by atoms with van der Waals surface area (Å²) in [6.07, 6.45) is 3.33. The van der Waals surface area contributed by atoms with Crippen molar-refractivity contribution in [3.63, 3.8) is 0 Å². The van der Waals surface area contributed by atoms with Crippen molar-refractivity contribution in [1.82, 2.24) is 10.6 Å². The van der Waals surface area contributed by atoms with Gasteiger partial charge in [0.25, 0.3) is 0 Å². The van der Waals surface area contributed by atoms with Crippen molar-refractivity contribution >= 4 is 23.8 Å². The van der Waals surface area contributed by atoms with Crippen LogP contribution in [-0.2, 0) is 20.9 Å². The molecule has 2 rings (SSSR count). The third-order valence-corrected chi connectivity index (χ3v) is 5.57. The van der Waals surface area contributed by atoms with E-state index in [1.54, 1.807) is 18.9 Å². The highest BCUT2D eigenvalue weighted by Crippen LogP contribution is 2.25. The van der Waals surface area contributed by atoms with Gasteiger partial charge in [0.1, 0.15) is 6.04 Å². The Morgan fingerprint density at radius 2 is 2.04 bits per heavy atom. The van der Waals surface area contributed by atoms with E-state index in [1.807, 2.05) is 36.6 Å². The number of carbonyl (C=O) groups excluding carboxylic acids is 1. The van der Waals surface area contributed by atoms with Crippen LogP contribution in [0.15, 0.2) is 30.3 Å². The van der Waals surface area contributed by atoms with E-state index >= 15 is 0 Å². The van der Waals surface area contributed by atoms with Crippen molar-refractivity contribution in [3.05, 3.63) is 35.9 Å². The average molecular weight is 411 g/mol. The average Bonchev–Trinajstić information content (AvgIpc) is 2.70. The zero-order valence-corrected chi connectivity index (χ0v) is 17.2. The number of thioether (sulfide) groups is 1. The maximum Gasteiger partial charge on any atom is 0.405 e. The molecule has 0 bridgehead atoms. The van der Waals surface area contributed by atoms with Crippen LogP contribution in [0, 0.1) is 0 Å². The van der Waals surface area contributed by atoms with Crippen LogP contribution in [0.5, 0.6) is 0 Å². The number of benzene rings is 1. The molecule has 3 N–H and O–H groups in total. The largest absolute Gasteiger partial charge is 0.465 e. The van der Waals surface area contributed by atoms with E-state index in [0.29, 0.717) is 25.2 Å². The predicted octanol–water partition coefficient (Wildman–Crippen LogP) is 2.64. The molecule has 1 saturated carbocycles. The van der Waals surface area contributed by atoms with Crippen LogP contribution in [0.25, 0.3) is 0 Å². The first-order valence-corrected chi connectivity index (χ1v) is 10.9. The molecule has 0 aliphatic heterocycles. The van der Waals surface area contributed by atoms with Crippen molar-refractivity contribution in [2.24, 2.45) is 0 Å². The van der Waals surface area contributed by atoms with Gasteiger partial charge in [0, 0.05) is 13.5 Å². The SMILES string of the molecule is CO[C@H]1C[C@@H](OCc2ccccc2)CC[C@@H]1NC(=O)[C@H](CCSC)NC(=O)O. The molecule has 0 saturated heterocycles. The molecule has 4 atom stereocenters. The van der Waals surface area contributed by atoms with Crippen LogP contribution in [0.2, 0.25) is 0 Å². The van der Waals surface area contributed by atoms with Crippen molar-refractivity contribution in [1.29, 1.82) is 0 Å². The smallest absolute Gasteiger partial charge is 0.405 e. The normalized spacial score (nSPS) is 23.0. The van der Waals surface area contributed by atoms with E-state index in [1.165, 1.54) is 0 Å². The van der Waals surface area contributed by atoms with E-state index in [9.17, 15) is 9.59 Å². The van der Waals surface area contributed by atoms with Crippen molar-refractivity contribution < 1.29 is 24.2 Å². The molecule has 1 fully saturated rings. The van der Waals surface area contributed by atoms with Gasteiger partial charge in [-0.3, -0.25) is 4.79 Å². The van der Waals surface area contributed by atoms with E-state index in [2.05, 4.69) is 10.6 Å². The minimum atomic E-state index is -1.19. The number of carboxylic acid groups (broad SMARTS) is 1. The molecule has 8 heteroatoms. The molecule has 28 heavy (non-hydrogen) atoms. The summed E-state index contributed by atoms with van der Waals surface area (Å²) in [6.45, 7) is 0.554. The number of nitrogens with one attached hydrogen (secondary N) is 2. The molecule has 0 unspecified atom stereocenters. The highest BCUT2D eigenvalue weighted by molar-refractivity contribution is 7.98. The topological polar surface area (TPSA) is 96.9 Å². The fourth-order valence-electron chi connectivity index (χ4n) is 3.39. The van der Waals surface area contributed by atoms with E-state index in [4.69, 9.17) is 14.6 Å². The lowest BCUT2D eigenvalue weighted by Gasteiger charge is -2.36. The Hall–Kier alpha value is -1.77. The molecule has 7 nitrogen and oxygen atoms in total. The zero-order valence-electron chi connectivity index (χ0n) is 16.4. The fourth-order valence-corrected chi connectivity index (χ4v) is 3.87. The monoisotopic (exact) mass is 410 g/mol.